The minimum absolute atomic E-state index is 0.802. The Hall–Kier alpha value is -0.210. The molecule has 0 nitrogen and oxygen atoms in total. The van der Waals surface area contributed by atoms with Crippen molar-refractivity contribution in [1.82, 2.24) is 0 Å². The Kier molecular flexibility index (Phi) is 4.48. The molecule has 0 aliphatic heterocycles. The summed E-state index contributed by atoms with van der Waals surface area (Å²) in [5.41, 5.74) is 2.50. The van der Waals surface area contributed by atoms with Crippen molar-refractivity contribution >= 4 is 34.6 Å². The lowest BCUT2D eigenvalue weighted by molar-refractivity contribution is 1.42. The number of alkyl halides is 1. The van der Waals surface area contributed by atoms with Gasteiger partial charge in [0.15, 0.2) is 0 Å². The number of halogens is 1. The zero-order valence-corrected chi connectivity index (χ0v) is 9.18. The van der Waals surface area contributed by atoms with Gasteiger partial charge in [-0.25, -0.2) is 0 Å². The zero-order valence-electron chi connectivity index (χ0n) is 6.70. The largest absolute Gasteiger partial charge is 0.175 e. The summed E-state index contributed by atoms with van der Waals surface area (Å²) in [4.78, 5) is 0. The Morgan fingerprint density at radius 2 is 2.25 bits per heavy atom. The maximum atomic E-state index is 4.22. The van der Waals surface area contributed by atoms with Crippen LogP contribution in [0.4, 0.5) is 0 Å². The minimum Gasteiger partial charge on any atom is -0.175 e. The first-order valence-corrected chi connectivity index (χ1v) is 5.54. The second kappa shape index (κ2) is 5.44. The van der Waals surface area contributed by atoms with Crippen molar-refractivity contribution in [3.05, 3.63) is 41.5 Å². The van der Waals surface area contributed by atoms with Gasteiger partial charge in [0.1, 0.15) is 0 Å². The number of hydrogen-bond donors (Lipinski definition) is 1. The number of allylic oxidation sites excluding steroid dienone is 1. The molecule has 0 aliphatic rings. The van der Waals surface area contributed by atoms with Crippen LogP contribution >= 0.6 is 28.6 Å². The van der Waals surface area contributed by atoms with Gasteiger partial charge in [-0.2, -0.15) is 12.6 Å². The molecular formula is C10H11BrS. The van der Waals surface area contributed by atoms with E-state index in [1.807, 2.05) is 0 Å². The first-order valence-electron chi connectivity index (χ1n) is 3.79. The van der Waals surface area contributed by atoms with E-state index in [2.05, 4.69) is 65.0 Å². The van der Waals surface area contributed by atoms with Crippen molar-refractivity contribution in [1.29, 1.82) is 0 Å². The van der Waals surface area contributed by atoms with Crippen LogP contribution in [-0.2, 0) is 5.75 Å². The molecule has 0 radical (unpaired) electrons. The third-order valence-electron chi connectivity index (χ3n) is 1.53. The Balaban J connectivity index is 2.79. The van der Waals surface area contributed by atoms with E-state index in [0.29, 0.717) is 0 Å². The van der Waals surface area contributed by atoms with Gasteiger partial charge in [-0.3, -0.25) is 0 Å². The van der Waals surface area contributed by atoms with Crippen molar-refractivity contribution in [3.63, 3.8) is 0 Å². The van der Waals surface area contributed by atoms with Crippen LogP contribution in [0, 0.1) is 0 Å². The molecule has 64 valence electrons. The summed E-state index contributed by atoms with van der Waals surface area (Å²) in [6, 6.07) is 8.37. The molecule has 1 aromatic rings. The highest BCUT2D eigenvalue weighted by molar-refractivity contribution is 9.09. The fourth-order valence-corrected chi connectivity index (χ4v) is 1.36. The van der Waals surface area contributed by atoms with Gasteiger partial charge in [0, 0.05) is 11.1 Å². The number of hydrogen-bond acceptors (Lipinski definition) is 1. The molecule has 0 aliphatic carbocycles. The molecule has 0 saturated carbocycles. The van der Waals surface area contributed by atoms with Crippen LogP contribution in [0.25, 0.3) is 6.08 Å². The molecule has 1 aromatic carbocycles. The molecule has 2 heteroatoms. The molecule has 0 N–H and O–H groups in total. The van der Waals surface area contributed by atoms with E-state index in [1.165, 1.54) is 11.1 Å². The molecule has 0 spiro atoms. The Morgan fingerprint density at radius 3 is 2.92 bits per heavy atom. The molecule has 0 saturated heterocycles. The molecule has 0 bridgehead atoms. The van der Waals surface area contributed by atoms with E-state index >= 15 is 0 Å². The van der Waals surface area contributed by atoms with Crippen molar-refractivity contribution in [3.8, 4) is 0 Å². The van der Waals surface area contributed by atoms with E-state index < -0.39 is 0 Å². The van der Waals surface area contributed by atoms with Crippen LogP contribution < -0.4 is 0 Å². The van der Waals surface area contributed by atoms with Gasteiger partial charge in [0.05, 0.1) is 0 Å². The first-order chi connectivity index (χ1) is 5.86. The van der Waals surface area contributed by atoms with E-state index in [-0.39, 0.29) is 0 Å². The quantitative estimate of drug-likeness (QED) is 0.609. The Labute approximate surface area is 87.2 Å². The van der Waals surface area contributed by atoms with Crippen LogP contribution in [0.15, 0.2) is 30.3 Å². The standard InChI is InChI=1S/C10H11BrS/c11-6-2-5-9-3-1-4-10(7-9)8-12/h1-5,7,12H,6,8H2. The second-order valence-electron chi connectivity index (χ2n) is 2.46. The number of benzene rings is 1. The molecule has 0 heterocycles. The van der Waals surface area contributed by atoms with Gasteiger partial charge in [-0.05, 0) is 11.1 Å². The SMILES string of the molecule is SCc1cccc(C=CCBr)c1. The molecule has 0 aromatic heterocycles. The molecule has 0 atom stereocenters. The van der Waals surface area contributed by atoms with Crippen molar-refractivity contribution < 1.29 is 0 Å². The number of thiol groups is 1. The lowest BCUT2D eigenvalue weighted by atomic mass is 10.1. The van der Waals surface area contributed by atoms with Crippen LogP contribution in [-0.4, -0.2) is 5.33 Å². The molecule has 12 heavy (non-hydrogen) atoms. The van der Waals surface area contributed by atoms with Gasteiger partial charge in [0.2, 0.25) is 0 Å². The summed E-state index contributed by atoms with van der Waals surface area (Å²) in [5, 5.41) is 0.901. The molecule has 0 amide bonds. The average Bonchev–Trinajstić information content (AvgIpc) is 2.15. The van der Waals surface area contributed by atoms with Gasteiger partial charge in [-0.15, -0.1) is 0 Å². The third kappa shape index (κ3) is 3.03. The lowest BCUT2D eigenvalue weighted by Crippen LogP contribution is -1.78. The summed E-state index contributed by atoms with van der Waals surface area (Å²) >= 11 is 7.56. The summed E-state index contributed by atoms with van der Waals surface area (Å²) in [6.07, 6.45) is 4.18. The molecule has 0 unspecified atom stereocenters. The van der Waals surface area contributed by atoms with Crippen LogP contribution in [0.5, 0.6) is 0 Å². The Bertz CT molecular complexity index is 268. The average molecular weight is 243 g/mol. The van der Waals surface area contributed by atoms with E-state index in [0.717, 1.165) is 11.1 Å². The summed E-state index contributed by atoms with van der Waals surface area (Å²) in [7, 11) is 0. The van der Waals surface area contributed by atoms with E-state index in [4.69, 9.17) is 0 Å². The summed E-state index contributed by atoms with van der Waals surface area (Å²) < 4.78 is 0. The van der Waals surface area contributed by atoms with E-state index in [9.17, 15) is 0 Å². The lowest BCUT2D eigenvalue weighted by Gasteiger charge is -1.96. The highest BCUT2D eigenvalue weighted by Gasteiger charge is 1.89. The van der Waals surface area contributed by atoms with Crippen molar-refractivity contribution in [2.24, 2.45) is 0 Å². The maximum Gasteiger partial charge on any atom is 0.0215 e. The van der Waals surface area contributed by atoms with Gasteiger partial charge >= 0.3 is 0 Å². The monoisotopic (exact) mass is 242 g/mol. The second-order valence-corrected chi connectivity index (χ2v) is 3.42. The topological polar surface area (TPSA) is 0 Å². The normalized spacial score (nSPS) is 10.8. The minimum atomic E-state index is 0.802. The number of rotatable bonds is 3. The predicted molar refractivity (Wildman–Crippen MR) is 62.0 cm³/mol. The fourth-order valence-electron chi connectivity index (χ4n) is 0.976. The van der Waals surface area contributed by atoms with Crippen LogP contribution in [0.1, 0.15) is 11.1 Å². The van der Waals surface area contributed by atoms with Gasteiger partial charge < -0.3 is 0 Å². The predicted octanol–water partition coefficient (Wildman–Crippen LogP) is 3.52. The van der Waals surface area contributed by atoms with Crippen LogP contribution in [0.2, 0.25) is 0 Å². The molecule has 0 fully saturated rings. The molecular weight excluding hydrogens is 232 g/mol. The summed E-state index contributed by atoms with van der Waals surface area (Å²) in [6.45, 7) is 0. The smallest absolute Gasteiger partial charge is 0.0215 e. The summed E-state index contributed by atoms with van der Waals surface area (Å²) in [5.74, 6) is 0.802. The Morgan fingerprint density at radius 1 is 1.42 bits per heavy atom. The van der Waals surface area contributed by atoms with Crippen molar-refractivity contribution in [2.75, 3.05) is 5.33 Å². The van der Waals surface area contributed by atoms with Gasteiger partial charge in [0.25, 0.3) is 0 Å². The van der Waals surface area contributed by atoms with Crippen LogP contribution in [0.3, 0.4) is 0 Å². The highest BCUT2D eigenvalue weighted by atomic mass is 79.9. The third-order valence-corrected chi connectivity index (χ3v) is 2.27. The van der Waals surface area contributed by atoms with Gasteiger partial charge in [-0.1, -0.05) is 52.3 Å². The fraction of sp³-hybridized carbons (Fsp3) is 0.200. The maximum absolute atomic E-state index is 4.22. The molecule has 1 rings (SSSR count). The van der Waals surface area contributed by atoms with E-state index in [1.54, 1.807) is 0 Å². The highest BCUT2D eigenvalue weighted by Crippen LogP contribution is 2.09. The first kappa shape index (κ1) is 9.87. The van der Waals surface area contributed by atoms with Crippen molar-refractivity contribution in [2.45, 2.75) is 5.75 Å². The zero-order chi connectivity index (χ0) is 8.81.